The van der Waals surface area contributed by atoms with Crippen molar-refractivity contribution in [2.45, 2.75) is 12.8 Å². The summed E-state index contributed by atoms with van der Waals surface area (Å²) >= 11 is 11.8. The molecule has 0 atom stereocenters. The number of nitrogens with zero attached hydrogens (tertiary/aromatic N) is 2. The largest absolute Gasteiger partial charge is 0.506 e. The normalized spacial score (nSPS) is 14.9. The quantitative estimate of drug-likeness (QED) is 0.825. The number of rotatable bonds is 3. The first-order chi connectivity index (χ1) is 11.0. The van der Waals surface area contributed by atoms with Crippen molar-refractivity contribution in [2.75, 3.05) is 11.4 Å². The van der Waals surface area contributed by atoms with E-state index in [1.165, 1.54) is 12.3 Å². The Kier molecular flexibility index (Phi) is 4.55. The van der Waals surface area contributed by atoms with Gasteiger partial charge in [0.2, 0.25) is 5.91 Å². The zero-order valence-electron chi connectivity index (χ0n) is 12.2. The van der Waals surface area contributed by atoms with Crippen molar-refractivity contribution in [3.8, 4) is 5.75 Å². The van der Waals surface area contributed by atoms with Gasteiger partial charge in [-0.1, -0.05) is 23.2 Å². The molecule has 1 aliphatic heterocycles. The zero-order chi connectivity index (χ0) is 16.4. The maximum Gasteiger partial charge on any atom is 0.227 e. The van der Waals surface area contributed by atoms with Gasteiger partial charge >= 0.3 is 0 Å². The second kappa shape index (κ2) is 6.60. The van der Waals surface area contributed by atoms with Gasteiger partial charge in [0.15, 0.2) is 0 Å². The lowest BCUT2D eigenvalue weighted by Crippen LogP contribution is -2.23. The molecule has 6 heteroatoms. The minimum absolute atomic E-state index is 0.0564. The fraction of sp³-hybridized carbons (Fsp3) is 0.176. The van der Waals surface area contributed by atoms with E-state index in [0.717, 1.165) is 18.7 Å². The van der Waals surface area contributed by atoms with Crippen LogP contribution in [0.25, 0.3) is 0 Å². The van der Waals surface area contributed by atoms with Gasteiger partial charge in [0.25, 0.3) is 0 Å². The van der Waals surface area contributed by atoms with Crippen LogP contribution in [0.2, 0.25) is 10.0 Å². The van der Waals surface area contributed by atoms with Gasteiger partial charge in [-0.15, -0.1) is 0 Å². The molecule has 0 spiro atoms. The summed E-state index contributed by atoms with van der Waals surface area (Å²) in [5.41, 5.74) is 2.03. The highest BCUT2D eigenvalue weighted by molar-refractivity contribution is 6.36. The molecule has 1 amide bonds. The fourth-order valence-electron chi connectivity index (χ4n) is 2.47. The molecule has 1 heterocycles. The Morgan fingerprint density at radius 2 is 1.91 bits per heavy atom. The van der Waals surface area contributed by atoms with Crippen molar-refractivity contribution in [3.63, 3.8) is 0 Å². The molecule has 0 saturated carbocycles. The highest BCUT2D eigenvalue weighted by Gasteiger charge is 2.21. The van der Waals surface area contributed by atoms with Crippen molar-refractivity contribution in [2.24, 2.45) is 4.99 Å². The molecule has 1 aliphatic rings. The van der Waals surface area contributed by atoms with Gasteiger partial charge in [-0.25, -0.2) is 0 Å². The smallest absolute Gasteiger partial charge is 0.227 e. The third-order valence-electron chi connectivity index (χ3n) is 3.65. The molecule has 0 unspecified atom stereocenters. The molecule has 23 heavy (non-hydrogen) atoms. The molecule has 1 N–H and O–H groups in total. The van der Waals surface area contributed by atoms with Crippen molar-refractivity contribution in [1.82, 2.24) is 0 Å². The third-order valence-corrected chi connectivity index (χ3v) is 4.15. The summed E-state index contributed by atoms with van der Waals surface area (Å²) in [7, 11) is 0. The van der Waals surface area contributed by atoms with Crippen LogP contribution in [0.4, 0.5) is 11.4 Å². The maximum atomic E-state index is 11.7. The molecular formula is C17H14Cl2N2O2. The third kappa shape index (κ3) is 3.49. The summed E-state index contributed by atoms with van der Waals surface area (Å²) in [5.74, 6) is 0.0962. The lowest BCUT2D eigenvalue weighted by Gasteiger charge is -2.15. The number of carbonyl (C=O) groups excluding carboxylic acids is 1. The van der Waals surface area contributed by atoms with Crippen LogP contribution in [-0.2, 0) is 4.79 Å². The van der Waals surface area contributed by atoms with E-state index in [1.807, 2.05) is 24.3 Å². The summed E-state index contributed by atoms with van der Waals surface area (Å²) in [6.07, 6.45) is 3.01. The van der Waals surface area contributed by atoms with Crippen LogP contribution in [0.1, 0.15) is 18.4 Å². The van der Waals surface area contributed by atoms with Crippen molar-refractivity contribution in [3.05, 3.63) is 52.0 Å². The van der Waals surface area contributed by atoms with Crippen molar-refractivity contribution in [1.29, 1.82) is 0 Å². The standard InChI is InChI=1S/C17H14Cl2N2O2/c18-12-8-11(17(23)15(19)9-12)10-20-13-3-5-14(6-4-13)21-7-1-2-16(21)22/h3-6,8-10,23H,1-2,7H2. The van der Waals surface area contributed by atoms with E-state index in [4.69, 9.17) is 23.2 Å². The fourth-order valence-corrected chi connectivity index (χ4v) is 2.98. The van der Waals surface area contributed by atoms with Crippen LogP contribution in [0.15, 0.2) is 41.4 Å². The van der Waals surface area contributed by atoms with E-state index < -0.39 is 0 Å². The van der Waals surface area contributed by atoms with Gasteiger partial charge in [0.1, 0.15) is 5.75 Å². The number of carbonyl (C=O) groups is 1. The van der Waals surface area contributed by atoms with Crippen molar-refractivity contribution >= 4 is 46.7 Å². The first-order valence-electron chi connectivity index (χ1n) is 7.17. The minimum atomic E-state index is -0.0564. The van der Waals surface area contributed by atoms with Crippen LogP contribution in [0, 0.1) is 0 Å². The lowest BCUT2D eigenvalue weighted by atomic mass is 10.2. The summed E-state index contributed by atoms with van der Waals surface area (Å²) in [6, 6.07) is 10.4. The van der Waals surface area contributed by atoms with E-state index in [1.54, 1.807) is 11.0 Å². The molecule has 0 bridgehead atoms. The Hall–Kier alpha value is -2.04. The van der Waals surface area contributed by atoms with E-state index in [2.05, 4.69) is 4.99 Å². The number of aliphatic imine (C=N–C) groups is 1. The number of hydrogen-bond donors (Lipinski definition) is 1. The monoisotopic (exact) mass is 348 g/mol. The summed E-state index contributed by atoms with van der Waals surface area (Å²) < 4.78 is 0. The number of phenols is 1. The molecule has 0 aliphatic carbocycles. The Bertz CT molecular complexity index is 773. The molecule has 118 valence electrons. The molecule has 1 fully saturated rings. The number of phenolic OH excluding ortho intramolecular Hbond substituents is 1. The molecule has 4 nitrogen and oxygen atoms in total. The second-order valence-corrected chi connectivity index (χ2v) is 6.09. The highest BCUT2D eigenvalue weighted by atomic mass is 35.5. The van der Waals surface area contributed by atoms with Gasteiger partial charge in [-0.2, -0.15) is 0 Å². The minimum Gasteiger partial charge on any atom is -0.506 e. The molecular weight excluding hydrogens is 335 g/mol. The van der Waals surface area contributed by atoms with Crippen LogP contribution >= 0.6 is 23.2 Å². The summed E-state index contributed by atoms with van der Waals surface area (Å²) in [4.78, 5) is 17.8. The average molecular weight is 349 g/mol. The van der Waals surface area contributed by atoms with Crippen LogP contribution < -0.4 is 4.90 Å². The molecule has 3 rings (SSSR count). The summed E-state index contributed by atoms with van der Waals surface area (Å²) in [5, 5.41) is 10.5. The number of amides is 1. The van der Waals surface area contributed by atoms with Crippen LogP contribution in [0.5, 0.6) is 5.75 Å². The Morgan fingerprint density at radius 3 is 2.57 bits per heavy atom. The predicted octanol–water partition coefficient (Wildman–Crippen LogP) is 4.58. The van der Waals surface area contributed by atoms with Gasteiger partial charge in [0, 0.05) is 35.5 Å². The zero-order valence-corrected chi connectivity index (χ0v) is 13.7. The van der Waals surface area contributed by atoms with Gasteiger partial charge < -0.3 is 10.0 Å². The molecule has 2 aromatic rings. The Balaban J connectivity index is 1.79. The molecule has 0 aromatic heterocycles. The predicted molar refractivity (Wildman–Crippen MR) is 93.4 cm³/mol. The highest BCUT2D eigenvalue weighted by Crippen LogP contribution is 2.30. The molecule has 1 saturated heterocycles. The maximum absolute atomic E-state index is 11.7. The van der Waals surface area contributed by atoms with Gasteiger partial charge in [-0.05, 0) is 42.8 Å². The van der Waals surface area contributed by atoms with E-state index >= 15 is 0 Å². The SMILES string of the molecule is O=C1CCCN1c1ccc(N=Cc2cc(Cl)cc(Cl)c2O)cc1. The number of anilines is 1. The first-order valence-corrected chi connectivity index (χ1v) is 7.93. The first kappa shape index (κ1) is 15.8. The number of aromatic hydroxyl groups is 1. The molecule has 2 aromatic carbocycles. The van der Waals surface area contributed by atoms with E-state index in [9.17, 15) is 9.90 Å². The van der Waals surface area contributed by atoms with Gasteiger partial charge in [0.05, 0.1) is 10.7 Å². The van der Waals surface area contributed by atoms with E-state index in [-0.39, 0.29) is 16.7 Å². The lowest BCUT2D eigenvalue weighted by molar-refractivity contribution is -0.117. The summed E-state index contributed by atoms with van der Waals surface area (Å²) in [6.45, 7) is 0.760. The Labute approximate surface area is 144 Å². The van der Waals surface area contributed by atoms with Crippen molar-refractivity contribution < 1.29 is 9.90 Å². The second-order valence-electron chi connectivity index (χ2n) is 5.25. The van der Waals surface area contributed by atoms with Crippen LogP contribution in [-0.4, -0.2) is 23.8 Å². The Morgan fingerprint density at radius 1 is 1.17 bits per heavy atom. The van der Waals surface area contributed by atoms with Crippen LogP contribution in [0.3, 0.4) is 0 Å². The number of hydrogen-bond acceptors (Lipinski definition) is 3. The molecule has 0 radical (unpaired) electrons. The average Bonchev–Trinajstić information content (AvgIpc) is 2.96. The topological polar surface area (TPSA) is 52.9 Å². The van der Waals surface area contributed by atoms with E-state index in [0.29, 0.717) is 22.7 Å². The van der Waals surface area contributed by atoms with Gasteiger partial charge in [-0.3, -0.25) is 9.79 Å². The number of benzene rings is 2. The number of halogens is 2.